The van der Waals surface area contributed by atoms with Crippen LogP contribution in [0.15, 0.2) is 28.9 Å². The Hall–Kier alpha value is -2.30. The van der Waals surface area contributed by atoms with Crippen molar-refractivity contribution in [2.75, 3.05) is 0 Å². The van der Waals surface area contributed by atoms with Crippen LogP contribution in [0.5, 0.6) is 0 Å². The second kappa shape index (κ2) is 4.76. The van der Waals surface area contributed by atoms with Crippen LogP contribution in [-0.2, 0) is 9.59 Å². The summed E-state index contributed by atoms with van der Waals surface area (Å²) in [4.78, 5) is 27.5. The van der Waals surface area contributed by atoms with E-state index in [0.29, 0.717) is 22.4 Å². The van der Waals surface area contributed by atoms with Gasteiger partial charge in [0.1, 0.15) is 11.7 Å². The SMILES string of the molecule is CC1=C(c2ccc(F)cc2C)C(=O)C(C(N)=O)C=N1. The molecule has 1 unspecified atom stereocenters. The third kappa shape index (κ3) is 2.31. The monoisotopic (exact) mass is 260 g/mol. The number of aryl methyl sites for hydroxylation is 1. The summed E-state index contributed by atoms with van der Waals surface area (Å²) in [5.41, 5.74) is 7.18. The van der Waals surface area contributed by atoms with Gasteiger partial charge in [-0.3, -0.25) is 14.6 Å². The zero-order chi connectivity index (χ0) is 14.2. The minimum absolute atomic E-state index is 0.323. The van der Waals surface area contributed by atoms with Crippen LogP contribution < -0.4 is 5.73 Å². The van der Waals surface area contributed by atoms with Crippen LogP contribution >= 0.6 is 0 Å². The van der Waals surface area contributed by atoms with Crippen molar-refractivity contribution in [2.24, 2.45) is 16.6 Å². The van der Waals surface area contributed by atoms with E-state index in [1.165, 1.54) is 24.4 Å². The molecule has 0 aliphatic carbocycles. The molecule has 1 aromatic carbocycles. The Morgan fingerprint density at radius 1 is 1.37 bits per heavy atom. The molecule has 4 nitrogen and oxygen atoms in total. The van der Waals surface area contributed by atoms with Crippen molar-refractivity contribution in [3.8, 4) is 0 Å². The van der Waals surface area contributed by atoms with E-state index in [2.05, 4.69) is 4.99 Å². The maximum Gasteiger partial charge on any atom is 0.233 e. The lowest BCUT2D eigenvalue weighted by Crippen LogP contribution is -2.34. The maximum atomic E-state index is 13.1. The van der Waals surface area contributed by atoms with Gasteiger partial charge in [-0.1, -0.05) is 6.07 Å². The van der Waals surface area contributed by atoms with Crippen LogP contribution in [0, 0.1) is 18.7 Å². The number of aliphatic imine (C=N–C) groups is 1. The average Bonchev–Trinajstić information content (AvgIpc) is 2.31. The Morgan fingerprint density at radius 2 is 2.05 bits per heavy atom. The predicted molar refractivity (Wildman–Crippen MR) is 69.9 cm³/mol. The van der Waals surface area contributed by atoms with Gasteiger partial charge in [-0.25, -0.2) is 4.39 Å². The smallest absolute Gasteiger partial charge is 0.233 e. The van der Waals surface area contributed by atoms with Gasteiger partial charge in [0.05, 0.1) is 0 Å². The average molecular weight is 260 g/mol. The Balaban J connectivity index is 2.56. The third-order valence-electron chi connectivity index (χ3n) is 3.07. The summed E-state index contributed by atoms with van der Waals surface area (Å²) < 4.78 is 13.1. The summed E-state index contributed by atoms with van der Waals surface area (Å²) in [6.07, 6.45) is 1.25. The summed E-state index contributed by atoms with van der Waals surface area (Å²) in [6.45, 7) is 3.37. The number of amides is 1. The van der Waals surface area contributed by atoms with Gasteiger partial charge < -0.3 is 5.73 Å². The Labute approximate surface area is 109 Å². The normalized spacial score (nSPS) is 18.9. The fourth-order valence-electron chi connectivity index (χ4n) is 2.09. The van der Waals surface area contributed by atoms with Crippen molar-refractivity contribution in [3.05, 3.63) is 40.8 Å². The minimum Gasteiger partial charge on any atom is -0.369 e. The number of nitrogens with zero attached hydrogens (tertiary/aromatic N) is 1. The van der Waals surface area contributed by atoms with E-state index in [0.717, 1.165) is 0 Å². The van der Waals surface area contributed by atoms with E-state index in [4.69, 9.17) is 5.73 Å². The van der Waals surface area contributed by atoms with Crippen molar-refractivity contribution in [1.29, 1.82) is 0 Å². The molecule has 19 heavy (non-hydrogen) atoms. The van der Waals surface area contributed by atoms with Gasteiger partial charge >= 0.3 is 0 Å². The lowest BCUT2D eigenvalue weighted by molar-refractivity contribution is -0.126. The van der Waals surface area contributed by atoms with Gasteiger partial charge in [0, 0.05) is 17.5 Å². The van der Waals surface area contributed by atoms with Gasteiger partial charge in [0.25, 0.3) is 0 Å². The Kier molecular flexibility index (Phi) is 3.29. The molecule has 0 bridgehead atoms. The predicted octanol–water partition coefficient (Wildman–Crippen LogP) is 1.62. The third-order valence-corrected chi connectivity index (χ3v) is 3.07. The molecule has 2 N–H and O–H groups in total. The zero-order valence-electron chi connectivity index (χ0n) is 10.6. The topological polar surface area (TPSA) is 72.5 Å². The molecule has 1 aliphatic heterocycles. The zero-order valence-corrected chi connectivity index (χ0v) is 10.6. The lowest BCUT2D eigenvalue weighted by atomic mass is 9.87. The molecule has 2 rings (SSSR count). The van der Waals surface area contributed by atoms with Gasteiger partial charge in [-0.2, -0.15) is 0 Å². The second-order valence-electron chi connectivity index (χ2n) is 4.44. The molecule has 1 aromatic rings. The van der Waals surface area contributed by atoms with Crippen molar-refractivity contribution in [1.82, 2.24) is 0 Å². The van der Waals surface area contributed by atoms with Crippen LogP contribution in [0.4, 0.5) is 4.39 Å². The highest BCUT2D eigenvalue weighted by atomic mass is 19.1. The molecule has 0 radical (unpaired) electrons. The summed E-state index contributed by atoms with van der Waals surface area (Å²) in [5.74, 6) is -2.56. The number of Topliss-reactive ketones (excluding diaryl/α,β-unsaturated/α-hetero) is 1. The number of allylic oxidation sites excluding steroid dienone is 2. The molecule has 0 fully saturated rings. The standard InChI is InChI=1S/C14H13FN2O2/c1-7-5-9(15)3-4-10(7)12-8(2)17-6-11(13(12)18)14(16)19/h3-6,11H,1-2H3,(H2,16,19). The summed E-state index contributed by atoms with van der Waals surface area (Å²) in [6, 6.07) is 4.12. The number of halogens is 1. The fraction of sp³-hybridized carbons (Fsp3) is 0.214. The largest absolute Gasteiger partial charge is 0.369 e. The van der Waals surface area contributed by atoms with Gasteiger partial charge in [-0.05, 0) is 37.1 Å². The first-order chi connectivity index (χ1) is 8.91. The number of benzene rings is 1. The van der Waals surface area contributed by atoms with Gasteiger partial charge in [-0.15, -0.1) is 0 Å². The molecule has 0 saturated heterocycles. The minimum atomic E-state index is -1.05. The molecular formula is C14H13FN2O2. The van der Waals surface area contributed by atoms with Gasteiger partial charge in [0.15, 0.2) is 5.78 Å². The first kappa shape index (κ1) is 13.1. The van der Waals surface area contributed by atoms with Gasteiger partial charge in [0.2, 0.25) is 5.91 Å². The molecule has 0 spiro atoms. The van der Waals surface area contributed by atoms with Crippen LogP contribution in [-0.4, -0.2) is 17.9 Å². The maximum absolute atomic E-state index is 13.1. The van der Waals surface area contributed by atoms with Crippen LogP contribution in [0.2, 0.25) is 0 Å². The van der Waals surface area contributed by atoms with Crippen LogP contribution in [0.1, 0.15) is 18.1 Å². The van der Waals surface area contributed by atoms with Crippen molar-refractivity contribution >= 4 is 23.5 Å². The molecule has 5 heteroatoms. The van der Waals surface area contributed by atoms with E-state index in [1.807, 2.05) is 0 Å². The number of carbonyl (C=O) groups excluding carboxylic acids is 2. The first-order valence-corrected chi connectivity index (χ1v) is 5.77. The molecule has 1 atom stereocenters. The highest BCUT2D eigenvalue weighted by Crippen LogP contribution is 2.29. The van der Waals surface area contributed by atoms with E-state index in [1.54, 1.807) is 13.8 Å². The number of rotatable bonds is 2. The summed E-state index contributed by atoms with van der Waals surface area (Å²) in [5, 5.41) is 0. The Bertz CT molecular complexity index is 632. The van der Waals surface area contributed by atoms with Crippen molar-refractivity contribution < 1.29 is 14.0 Å². The van der Waals surface area contributed by atoms with Crippen molar-refractivity contribution in [3.63, 3.8) is 0 Å². The molecule has 98 valence electrons. The Morgan fingerprint density at radius 3 is 2.63 bits per heavy atom. The molecule has 1 heterocycles. The number of primary amides is 1. The van der Waals surface area contributed by atoms with E-state index >= 15 is 0 Å². The molecule has 1 aliphatic rings. The van der Waals surface area contributed by atoms with Crippen LogP contribution in [0.25, 0.3) is 5.57 Å². The van der Waals surface area contributed by atoms with Crippen LogP contribution in [0.3, 0.4) is 0 Å². The van der Waals surface area contributed by atoms with E-state index in [-0.39, 0.29) is 5.82 Å². The quantitative estimate of drug-likeness (QED) is 0.821. The highest BCUT2D eigenvalue weighted by Gasteiger charge is 2.31. The number of hydrogen-bond acceptors (Lipinski definition) is 3. The molecule has 1 amide bonds. The number of ketones is 1. The molecule has 0 saturated carbocycles. The molecule has 0 aromatic heterocycles. The molecular weight excluding hydrogens is 247 g/mol. The number of carbonyl (C=O) groups is 2. The van der Waals surface area contributed by atoms with E-state index < -0.39 is 17.6 Å². The number of nitrogens with two attached hydrogens (primary N) is 1. The summed E-state index contributed by atoms with van der Waals surface area (Å²) >= 11 is 0. The second-order valence-corrected chi connectivity index (χ2v) is 4.44. The summed E-state index contributed by atoms with van der Waals surface area (Å²) in [7, 11) is 0. The lowest BCUT2D eigenvalue weighted by Gasteiger charge is -2.18. The first-order valence-electron chi connectivity index (χ1n) is 5.77. The van der Waals surface area contributed by atoms with E-state index in [9.17, 15) is 14.0 Å². The number of hydrogen-bond donors (Lipinski definition) is 1. The fourth-order valence-corrected chi connectivity index (χ4v) is 2.09. The van der Waals surface area contributed by atoms with Crippen molar-refractivity contribution in [2.45, 2.75) is 13.8 Å². The highest BCUT2D eigenvalue weighted by molar-refractivity contribution is 6.34.